The normalized spacial score (nSPS) is 9.81. The van der Waals surface area contributed by atoms with Crippen LogP contribution in [0.15, 0.2) is 36.9 Å². The lowest BCUT2D eigenvalue weighted by atomic mass is 10.2. The summed E-state index contributed by atoms with van der Waals surface area (Å²) in [5.74, 6) is 0.246. The van der Waals surface area contributed by atoms with Crippen LogP contribution in [0.4, 0.5) is 0 Å². The van der Waals surface area contributed by atoms with Crippen molar-refractivity contribution in [3.63, 3.8) is 0 Å². The second-order valence-electron chi connectivity index (χ2n) is 4.34. The average Bonchev–Trinajstić information content (AvgIpc) is 2.53. The second kappa shape index (κ2) is 8.79. The van der Waals surface area contributed by atoms with E-state index in [2.05, 4.69) is 11.3 Å². The molecule has 0 bridgehead atoms. The van der Waals surface area contributed by atoms with Gasteiger partial charge in [-0.15, -0.1) is 0 Å². The van der Waals surface area contributed by atoms with Crippen molar-refractivity contribution in [2.45, 2.75) is 13.3 Å². The van der Waals surface area contributed by atoms with Crippen LogP contribution < -0.4 is 4.74 Å². The van der Waals surface area contributed by atoms with E-state index < -0.39 is 0 Å². The van der Waals surface area contributed by atoms with Crippen molar-refractivity contribution in [2.24, 2.45) is 0 Å². The van der Waals surface area contributed by atoms with Gasteiger partial charge in [0, 0.05) is 18.7 Å². The lowest BCUT2D eigenvalue weighted by Gasteiger charge is -2.20. The highest BCUT2D eigenvalue weighted by Gasteiger charge is 2.15. The van der Waals surface area contributed by atoms with Gasteiger partial charge in [-0.05, 0) is 31.2 Å². The van der Waals surface area contributed by atoms with Gasteiger partial charge in [-0.25, -0.2) is 0 Å². The monoisotopic (exact) mass is 291 g/mol. The van der Waals surface area contributed by atoms with Gasteiger partial charge in [0.15, 0.2) is 0 Å². The van der Waals surface area contributed by atoms with Crippen molar-refractivity contribution in [1.29, 1.82) is 0 Å². The molecule has 1 aromatic carbocycles. The first-order valence-electron chi connectivity index (χ1n) is 6.82. The van der Waals surface area contributed by atoms with Crippen molar-refractivity contribution in [2.75, 3.05) is 26.8 Å². The standard InChI is InChI=1S/C16H21NO4/c1-4-12-21-14-8-6-13(7-9-14)16(19)17(5-2)11-10-15(18)20-3/h4,6-9H,1,5,10-12H2,2-3H3. The Morgan fingerprint density at radius 2 is 1.95 bits per heavy atom. The number of benzene rings is 1. The zero-order valence-corrected chi connectivity index (χ0v) is 12.5. The Kier molecular flexibility index (Phi) is 7.01. The molecule has 0 saturated heterocycles. The zero-order chi connectivity index (χ0) is 15.7. The first kappa shape index (κ1) is 16.8. The number of hydrogen-bond donors (Lipinski definition) is 0. The molecule has 0 atom stereocenters. The lowest BCUT2D eigenvalue weighted by molar-refractivity contribution is -0.140. The van der Waals surface area contributed by atoms with Crippen molar-refractivity contribution >= 4 is 11.9 Å². The van der Waals surface area contributed by atoms with E-state index in [0.717, 1.165) is 0 Å². The number of amides is 1. The quantitative estimate of drug-likeness (QED) is 0.544. The minimum absolute atomic E-state index is 0.114. The van der Waals surface area contributed by atoms with Gasteiger partial charge in [0.25, 0.3) is 5.91 Å². The molecule has 1 aromatic rings. The molecule has 0 spiro atoms. The fourth-order valence-corrected chi connectivity index (χ4v) is 1.76. The largest absolute Gasteiger partial charge is 0.490 e. The summed E-state index contributed by atoms with van der Waals surface area (Å²) >= 11 is 0. The highest BCUT2D eigenvalue weighted by molar-refractivity contribution is 5.94. The third kappa shape index (κ3) is 5.30. The third-order valence-electron chi connectivity index (χ3n) is 2.95. The van der Waals surface area contributed by atoms with Gasteiger partial charge in [0.2, 0.25) is 0 Å². The smallest absolute Gasteiger partial charge is 0.307 e. The van der Waals surface area contributed by atoms with E-state index in [1.54, 1.807) is 35.2 Å². The first-order valence-corrected chi connectivity index (χ1v) is 6.82. The summed E-state index contributed by atoms with van der Waals surface area (Å²) in [7, 11) is 1.34. The summed E-state index contributed by atoms with van der Waals surface area (Å²) in [6, 6.07) is 6.90. The SMILES string of the molecule is C=CCOc1ccc(C(=O)N(CC)CCC(=O)OC)cc1. The Morgan fingerprint density at radius 3 is 2.48 bits per heavy atom. The highest BCUT2D eigenvalue weighted by atomic mass is 16.5. The summed E-state index contributed by atoms with van der Waals surface area (Å²) in [5, 5.41) is 0. The maximum atomic E-state index is 12.3. The van der Waals surface area contributed by atoms with Crippen LogP contribution >= 0.6 is 0 Å². The third-order valence-corrected chi connectivity index (χ3v) is 2.95. The van der Waals surface area contributed by atoms with Crippen LogP contribution in [0, 0.1) is 0 Å². The topological polar surface area (TPSA) is 55.8 Å². The maximum absolute atomic E-state index is 12.3. The minimum Gasteiger partial charge on any atom is -0.490 e. The number of carbonyl (C=O) groups is 2. The first-order chi connectivity index (χ1) is 10.1. The predicted molar refractivity (Wildman–Crippen MR) is 80.3 cm³/mol. The number of ether oxygens (including phenoxy) is 2. The van der Waals surface area contributed by atoms with Gasteiger partial charge in [-0.3, -0.25) is 9.59 Å². The molecule has 5 heteroatoms. The summed E-state index contributed by atoms with van der Waals surface area (Å²) in [6.07, 6.45) is 1.85. The van der Waals surface area contributed by atoms with Crippen LogP contribution in [0.1, 0.15) is 23.7 Å². The van der Waals surface area contributed by atoms with Crippen LogP contribution in [0.5, 0.6) is 5.75 Å². The number of hydrogen-bond acceptors (Lipinski definition) is 4. The molecule has 0 heterocycles. The number of carbonyl (C=O) groups excluding carboxylic acids is 2. The van der Waals surface area contributed by atoms with Gasteiger partial charge < -0.3 is 14.4 Å². The van der Waals surface area contributed by atoms with E-state index in [0.29, 0.717) is 31.0 Å². The molecule has 1 rings (SSSR count). The molecular formula is C16H21NO4. The fraction of sp³-hybridized carbons (Fsp3) is 0.375. The van der Waals surface area contributed by atoms with Crippen molar-refractivity contribution in [3.05, 3.63) is 42.5 Å². The van der Waals surface area contributed by atoms with Crippen LogP contribution in [-0.4, -0.2) is 43.6 Å². The van der Waals surface area contributed by atoms with Gasteiger partial charge in [-0.2, -0.15) is 0 Å². The number of methoxy groups -OCH3 is 1. The lowest BCUT2D eigenvalue weighted by Crippen LogP contribution is -2.33. The second-order valence-corrected chi connectivity index (χ2v) is 4.34. The summed E-state index contributed by atoms with van der Waals surface area (Å²) < 4.78 is 9.95. The van der Waals surface area contributed by atoms with Gasteiger partial charge in [-0.1, -0.05) is 12.7 Å². The predicted octanol–water partition coefficient (Wildman–Crippen LogP) is 2.28. The van der Waals surface area contributed by atoms with Crippen molar-refractivity contribution in [1.82, 2.24) is 4.90 Å². The summed E-state index contributed by atoms with van der Waals surface area (Å²) in [4.78, 5) is 25.1. The molecule has 0 fully saturated rings. The molecule has 21 heavy (non-hydrogen) atoms. The molecule has 0 aliphatic heterocycles. The number of nitrogens with zero attached hydrogens (tertiary/aromatic N) is 1. The Balaban J connectivity index is 2.66. The molecule has 0 saturated carbocycles. The van der Waals surface area contributed by atoms with E-state index in [-0.39, 0.29) is 18.3 Å². The average molecular weight is 291 g/mol. The van der Waals surface area contributed by atoms with E-state index >= 15 is 0 Å². The Morgan fingerprint density at radius 1 is 1.29 bits per heavy atom. The van der Waals surface area contributed by atoms with E-state index in [1.807, 2.05) is 6.92 Å². The van der Waals surface area contributed by atoms with Gasteiger partial charge in [0.1, 0.15) is 12.4 Å². The molecular weight excluding hydrogens is 270 g/mol. The van der Waals surface area contributed by atoms with Crippen LogP contribution in [0.2, 0.25) is 0 Å². The molecule has 0 aliphatic rings. The molecule has 0 unspecified atom stereocenters. The molecule has 0 radical (unpaired) electrons. The summed E-state index contributed by atoms with van der Waals surface area (Å²) in [5.41, 5.74) is 0.563. The maximum Gasteiger partial charge on any atom is 0.307 e. The molecule has 1 amide bonds. The van der Waals surface area contributed by atoms with Crippen molar-refractivity contribution < 1.29 is 19.1 Å². The van der Waals surface area contributed by atoms with Gasteiger partial charge in [0.05, 0.1) is 13.5 Å². The van der Waals surface area contributed by atoms with Gasteiger partial charge >= 0.3 is 5.97 Å². The number of rotatable bonds is 8. The number of esters is 1. The Bertz CT molecular complexity index is 482. The van der Waals surface area contributed by atoms with Crippen molar-refractivity contribution in [3.8, 4) is 5.75 Å². The van der Waals surface area contributed by atoms with E-state index in [9.17, 15) is 9.59 Å². The highest BCUT2D eigenvalue weighted by Crippen LogP contribution is 2.14. The molecule has 0 N–H and O–H groups in total. The Hall–Kier alpha value is -2.30. The molecule has 0 aromatic heterocycles. The Labute approximate surface area is 125 Å². The molecule has 5 nitrogen and oxygen atoms in total. The van der Waals surface area contributed by atoms with Crippen LogP contribution in [0.25, 0.3) is 0 Å². The zero-order valence-electron chi connectivity index (χ0n) is 12.5. The minimum atomic E-state index is -0.325. The fourth-order valence-electron chi connectivity index (χ4n) is 1.76. The van der Waals surface area contributed by atoms with Crippen LogP contribution in [-0.2, 0) is 9.53 Å². The van der Waals surface area contributed by atoms with E-state index in [4.69, 9.17) is 4.74 Å². The van der Waals surface area contributed by atoms with E-state index in [1.165, 1.54) is 7.11 Å². The molecule has 0 aliphatic carbocycles. The molecule has 114 valence electrons. The summed E-state index contributed by atoms with van der Waals surface area (Å²) in [6.45, 7) is 6.75. The van der Waals surface area contributed by atoms with Crippen LogP contribution in [0.3, 0.4) is 0 Å².